The molecule has 0 bridgehead atoms. The molecule has 92 valence electrons. The molecule has 3 nitrogen and oxygen atoms in total. The fourth-order valence-electron chi connectivity index (χ4n) is 2.20. The Balaban J connectivity index is 2.42. The average Bonchev–Trinajstić information content (AvgIpc) is 2.64. The van der Waals surface area contributed by atoms with E-state index >= 15 is 0 Å². The van der Waals surface area contributed by atoms with E-state index in [0.29, 0.717) is 12.6 Å². The third-order valence-corrected chi connectivity index (χ3v) is 3.15. The maximum absolute atomic E-state index is 5.79. The van der Waals surface area contributed by atoms with Crippen molar-refractivity contribution >= 4 is 10.9 Å². The summed E-state index contributed by atoms with van der Waals surface area (Å²) in [5.41, 5.74) is 9.56. The normalized spacial score (nSPS) is 11.6. The summed E-state index contributed by atoms with van der Waals surface area (Å²) in [5.74, 6) is 0. The molecular formula is C14H21N3. The van der Waals surface area contributed by atoms with E-state index in [4.69, 9.17) is 5.73 Å². The largest absolute Gasteiger partial charge is 0.346 e. The zero-order chi connectivity index (χ0) is 12.4. The van der Waals surface area contributed by atoms with Crippen molar-refractivity contribution in [3.63, 3.8) is 0 Å². The average molecular weight is 231 g/mol. The maximum Gasteiger partial charge on any atom is 0.0525 e. The van der Waals surface area contributed by atoms with Crippen LogP contribution < -0.4 is 11.1 Å². The van der Waals surface area contributed by atoms with E-state index in [0.717, 1.165) is 6.54 Å². The van der Waals surface area contributed by atoms with Gasteiger partial charge in [-0.05, 0) is 11.6 Å². The summed E-state index contributed by atoms with van der Waals surface area (Å²) in [6.45, 7) is 5.81. The molecule has 0 unspecified atom stereocenters. The number of aromatic nitrogens is 1. The van der Waals surface area contributed by atoms with Gasteiger partial charge in [0.1, 0.15) is 0 Å². The summed E-state index contributed by atoms with van der Waals surface area (Å²) in [4.78, 5) is 0. The molecule has 1 aromatic heterocycles. The zero-order valence-corrected chi connectivity index (χ0v) is 10.8. The Hall–Kier alpha value is -1.32. The van der Waals surface area contributed by atoms with Crippen molar-refractivity contribution in [3.05, 3.63) is 35.5 Å². The Bertz CT molecular complexity index is 511. The van der Waals surface area contributed by atoms with Crippen LogP contribution in [0.3, 0.4) is 0 Å². The van der Waals surface area contributed by atoms with Gasteiger partial charge in [0.05, 0.1) is 5.52 Å². The Morgan fingerprint density at radius 3 is 2.76 bits per heavy atom. The van der Waals surface area contributed by atoms with Crippen molar-refractivity contribution in [2.75, 3.05) is 0 Å². The molecule has 0 spiro atoms. The smallest absolute Gasteiger partial charge is 0.0525 e. The Kier molecular flexibility index (Phi) is 3.50. The molecule has 3 heteroatoms. The van der Waals surface area contributed by atoms with Gasteiger partial charge in [0.25, 0.3) is 0 Å². The standard InChI is InChI=1S/C14H21N3/c1-10(2)16-9-13-7-11-5-4-6-12(8-15)14(11)17(13)3/h4-7,10,16H,8-9,15H2,1-3H3. The van der Waals surface area contributed by atoms with Crippen LogP contribution in [0.5, 0.6) is 0 Å². The predicted octanol–water partition coefficient (Wildman–Crippen LogP) is 2.13. The Morgan fingerprint density at radius 2 is 2.12 bits per heavy atom. The van der Waals surface area contributed by atoms with Crippen LogP contribution in [-0.4, -0.2) is 10.6 Å². The van der Waals surface area contributed by atoms with Gasteiger partial charge < -0.3 is 15.6 Å². The first-order chi connectivity index (χ1) is 8.13. The van der Waals surface area contributed by atoms with Crippen LogP contribution in [0.15, 0.2) is 24.3 Å². The molecule has 0 fully saturated rings. The van der Waals surface area contributed by atoms with Crippen molar-refractivity contribution in [1.29, 1.82) is 0 Å². The lowest BCUT2D eigenvalue weighted by Crippen LogP contribution is -2.23. The van der Waals surface area contributed by atoms with E-state index in [1.807, 2.05) is 0 Å². The first-order valence-corrected chi connectivity index (χ1v) is 6.13. The lowest BCUT2D eigenvalue weighted by atomic mass is 10.1. The minimum atomic E-state index is 0.502. The number of fused-ring (bicyclic) bond motifs is 1. The monoisotopic (exact) mass is 231 g/mol. The first-order valence-electron chi connectivity index (χ1n) is 6.13. The summed E-state index contributed by atoms with van der Waals surface area (Å²) in [7, 11) is 2.11. The van der Waals surface area contributed by atoms with Crippen molar-refractivity contribution in [3.8, 4) is 0 Å². The minimum Gasteiger partial charge on any atom is -0.346 e. The summed E-state index contributed by atoms with van der Waals surface area (Å²) in [6.07, 6.45) is 0. The highest BCUT2D eigenvalue weighted by Gasteiger charge is 2.08. The number of para-hydroxylation sites is 1. The number of nitrogens with zero attached hydrogens (tertiary/aromatic N) is 1. The number of hydrogen-bond acceptors (Lipinski definition) is 2. The molecule has 1 heterocycles. The van der Waals surface area contributed by atoms with Crippen LogP contribution in [0, 0.1) is 0 Å². The van der Waals surface area contributed by atoms with Crippen molar-refractivity contribution in [2.24, 2.45) is 12.8 Å². The third-order valence-electron chi connectivity index (χ3n) is 3.15. The molecular weight excluding hydrogens is 210 g/mol. The van der Waals surface area contributed by atoms with E-state index in [-0.39, 0.29) is 0 Å². The van der Waals surface area contributed by atoms with Crippen LogP contribution in [0.1, 0.15) is 25.1 Å². The van der Waals surface area contributed by atoms with Gasteiger partial charge in [-0.3, -0.25) is 0 Å². The molecule has 3 N–H and O–H groups in total. The number of rotatable bonds is 4. The van der Waals surface area contributed by atoms with E-state index in [1.165, 1.54) is 22.2 Å². The molecule has 2 aromatic rings. The number of nitrogens with one attached hydrogen (secondary N) is 1. The van der Waals surface area contributed by atoms with E-state index in [9.17, 15) is 0 Å². The highest BCUT2D eigenvalue weighted by molar-refractivity contribution is 5.84. The van der Waals surface area contributed by atoms with Crippen molar-refractivity contribution in [2.45, 2.75) is 33.0 Å². The molecule has 0 aliphatic carbocycles. The second-order valence-corrected chi connectivity index (χ2v) is 4.79. The van der Waals surface area contributed by atoms with Gasteiger partial charge in [-0.25, -0.2) is 0 Å². The lowest BCUT2D eigenvalue weighted by Gasteiger charge is -2.10. The Labute approximate surface area is 103 Å². The van der Waals surface area contributed by atoms with Gasteiger partial charge in [-0.2, -0.15) is 0 Å². The van der Waals surface area contributed by atoms with Crippen LogP contribution in [0.2, 0.25) is 0 Å². The molecule has 0 aliphatic heterocycles. The highest BCUT2D eigenvalue weighted by atomic mass is 15.0. The van der Waals surface area contributed by atoms with Gasteiger partial charge in [0, 0.05) is 37.3 Å². The molecule has 0 saturated carbocycles. The van der Waals surface area contributed by atoms with E-state index in [1.54, 1.807) is 0 Å². The van der Waals surface area contributed by atoms with Crippen LogP contribution in [0.4, 0.5) is 0 Å². The van der Waals surface area contributed by atoms with Crippen LogP contribution in [0.25, 0.3) is 10.9 Å². The fraction of sp³-hybridized carbons (Fsp3) is 0.429. The summed E-state index contributed by atoms with van der Waals surface area (Å²) in [5, 5.41) is 4.72. The number of aryl methyl sites for hydroxylation is 1. The molecule has 0 amide bonds. The fourth-order valence-corrected chi connectivity index (χ4v) is 2.20. The van der Waals surface area contributed by atoms with Gasteiger partial charge in [-0.15, -0.1) is 0 Å². The summed E-state index contributed by atoms with van der Waals surface area (Å²) >= 11 is 0. The molecule has 17 heavy (non-hydrogen) atoms. The summed E-state index contributed by atoms with van der Waals surface area (Å²) in [6, 6.07) is 9.06. The highest BCUT2D eigenvalue weighted by Crippen LogP contribution is 2.22. The van der Waals surface area contributed by atoms with Crippen molar-refractivity contribution < 1.29 is 0 Å². The molecule has 0 saturated heterocycles. The molecule has 2 rings (SSSR count). The van der Waals surface area contributed by atoms with Gasteiger partial charge >= 0.3 is 0 Å². The van der Waals surface area contributed by atoms with E-state index in [2.05, 4.69) is 55.0 Å². The van der Waals surface area contributed by atoms with Gasteiger partial charge in [0.15, 0.2) is 0 Å². The Morgan fingerprint density at radius 1 is 1.35 bits per heavy atom. The number of nitrogens with two attached hydrogens (primary N) is 1. The number of benzene rings is 1. The van der Waals surface area contributed by atoms with Gasteiger partial charge in [0.2, 0.25) is 0 Å². The maximum atomic E-state index is 5.79. The lowest BCUT2D eigenvalue weighted by molar-refractivity contribution is 0.572. The van der Waals surface area contributed by atoms with Gasteiger partial charge in [-0.1, -0.05) is 32.0 Å². The second kappa shape index (κ2) is 4.90. The summed E-state index contributed by atoms with van der Waals surface area (Å²) < 4.78 is 2.24. The van der Waals surface area contributed by atoms with Crippen LogP contribution >= 0.6 is 0 Å². The van der Waals surface area contributed by atoms with Crippen molar-refractivity contribution in [1.82, 2.24) is 9.88 Å². The molecule has 0 aliphatic rings. The zero-order valence-electron chi connectivity index (χ0n) is 10.8. The predicted molar refractivity (Wildman–Crippen MR) is 72.8 cm³/mol. The molecule has 0 atom stereocenters. The van der Waals surface area contributed by atoms with E-state index < -0.39 is 0 Å². The minimum absolute atomic E-state index is 0.502. The topological polar surface area (TPSA) is 43.0 Å². The third kappa shape index (κ3) is 2.35. The quantitative estimate of drug-likeness (QED) is 0.846. The molecule has 0 radical (unpaired) electrons. The SMILES string of the molecule is CC(C)NCc1cc2cccc(CN)c2n1C. The number of hydrogen-bond donors (Lipinski definition) is 2. The first kappa shape index (κ1) is 12.1. The second-order valence-electron chi connectivity index (χ2n) is 4.79. The molecule has 1 aromatic carbocycles. The van der Waals surface area contributed by atoms with Crippen LogP contribution in [-0.2, 0) is 20.1 Å².